The van der Waals surface area contributed by atoms with Crippen molar-refractivity contribution < 1.29 is 29.3 Å². The molecule has 36 heavy (non-hydrogen) atoms. The first-order chi connectivity index (χ1) is 17.2. The van der Waals surface area contributed by atoms with Gasteiger partial charge < -0.3 is 29.9 Å². The van der Waals surface area contributed by atoms with Crippen molar-refractivity contribution in [2.24, 2.45) is 5.92 Å². The second kappa shape index (κ2) is 13.2. The standard InChI is InChI=1S/C28H38N2O6/c1-19(2)36-24-6-4-5-22(17-24)29-25-13-9-21(10-14-26(25)31)28(34)30(18-27(32)33)16-15-20-7-11-23(35-3)12-8-20/h4-8,11-12,17,19,21,25-26,29,31H,9-10,13-16,18H2,1-3H3,(H,32,33)/t21-,25+,26+/m1/s1. The maximum absolute atomic E-state index is 13.4. The fraction of sp³-hybridized carbons (Fsp3) is 0.500. The van der Waals surface area contributed by atoms with E-state index in [4.69, 9.17) is 9.47 Å². The summed E-state index contributed by atoms with van der Waals surface area (Å²) in [5.41, 5.74) is 1.86. The highest BCUT2D eigenvalue weighted by Crippen LogP contribution is 2.29. The largest absolute Gasteiger partial charge is 0.497 e. The Labute approximate surface area is 213 Å². The summed E-state index contributed by atoms with van der Waals surface area (Å²) in [4.78, 5) is 26.3. The number of hydrogen-bond donors (Lipinski definition) is 3. The Morgan fingerprint density at radius 2 is 1.78 bits per heavy atom. The van der Waals surface area contributed by atoms with Crippen LogP contribution in [-0.2, 0) is 16.0 Å². The van der Waals surface area contributed by atoms with Gasteiger partial charge in [0.25, 0.3) is 0 Å². The van der Waals surface area contributed by atoms with E-state index in [0.29, 0.717) is 38.6 Å². The lowest BCUT2D eigenvalue weighted by molar-refractivity contribution is -0.146. The van der Waals surface area contributed by atoms with Crippen LogP contribution in [-0.4, -0.2) is 65.4 Å². The van der Waals surface area contributed by atoms with Crippen LogP contribution in [0.4, 0.5) is 5.69 Å². The van der Waals surface area contributed by atoms with Gasteiger partial charge in [-0.3, -0.25) is 9.59 Å². The van der Waals surface area contributed by atoms with Gasteiger partial charge in [0.2, 0.25) is 5.91 Å². The Bertz CT molecular complexity index is 994. The van der Waals surface area contributed by atoms with Crippen molar-refractivity contribution in [3.63, 3.8) is 0 Å². The molecule has 3 rings (SSSR count). The zero-order chi connectivity index (χ0) is 26.1. The monoisotopic (exact) mass is 498 g/mol. The molecule has 0 unspecified atom stereocenters. The fourth-order valence-electron chi connectivity index (χ4n) is 4.60. The minimum Gasteiger partial charge on any atom is -0.497 e. The molecule has 1 aliphatic rings. The van der Waals surface area contributed by atoms with Crippen LogP contribution >= 0.6 is 0 Å². The first kappa shape index (κ1) is 27.3. The van der Waals surface area contributed by atoms with Crippen molar-refractivity contribution in [3.05, 3.63) is 54.1 Å². The maximum atomic E-state index is 13.4. The van der Waals surface area contributed by atoms with Gasteiger partial charge in [-0.1, -0.05) is 18.2 Å². The second-order valence-corrected chi connectivity index (χ2v) is 9.62. The topological polar surface area (TPSA) is 108 Å². The zero-order valence-electron chi connectivity index (χ0n) is 21.4. The predicted octanol–water partition coefficient (Wildman–Crippen LogP) is 3.97. The van der Waals surface area contributed by atoms with Crippen LogP contribution in [0.5, 0.6) is 11.5 Å². The van der Waals surface area contributed by atoms with E-state index in [1.54, 1.807) is 7.11 Å². The molecule has 0 spiro atoms. The zero-order valence-corrected chi connectivity index (χ0v) is 21.4. The average Bonchev–Trinajstić information content (AvgIpc) is 3.02. The number of aliphatic hydroxyl groups is 1. The molecule has 0 aromatic heterocycles. The molecule has 0 heterocycles. The van der Waals surface area contributed by atoms with Crippen LogP contribution in [0, 0.1) is 5.92 Å². The predicted molar refractivity (Wildman–Crippen MR) is 138 cm³/mol. The SMILES string of the molecule is COc1ccc(CCN(CC(=O)O)C(=O)[C@@H]2CC[C@H](Nc3cccc(OC(C)C)c3)[C@@H](O)CC2)cc1. The average molecular weight is 499 g/mol. The van der Waals surface area contributed by atoms with Gasteiger partial charge in [0.1, 0.15) is 18.0 Å². The Morgan fingerprint density at radius 1 is 1.06 bits per heavy atom. The van der Waals surface area contributed by atoms with Gasteiger partial charge in [0, 0.05) is 24.2 Å². The number of carbonyl (C=O) groups excluding carboxylic acids is 1. The fourth-order valence-corrected chi connectivity index (χ4v) is 4.60. The summed E-state index contributed by atoms with van der Waals surface area (Å²) in [6, 6.07) is 15.0. The molecular formula is C28H38N2O6. The molecular weight excluding hydrogens is 460 g/mol. The Morgan fingerprint density at radius 3 is 2.44 bits per heavy atom. The van der Waals surface area contributed by atoms with Crippen molar-refractivity contribution in [2.75, 3.05) is 25.5 Å². The molecule has 196 valence electrons. The molecule has 2 aromatic carbocycles. The van der Waals surface area contributed by atoms with Crippen LogP contribution in [0.15, 0.2) is 48.5 Å². The summed E-state index contributed by atoms with van der Waals surface area (Å²) in [6.45, 7) is 3.92. The number of carboxylic acids is 1. The number of aliphatic hydroxyl groups excluding tert-OH is 1. The lowest BCUT2D eigenvalue weighted by Crippen LogP contribution is -2.41. The van der Waals surface area contributed by atoms with Crippen molar-refractivity contribution in [1.82, 2.24) is 4.90 Å². The lowest BCUT2D eigenvalue weighted by Gasteiger charge is -2.26. The number of amides is 1. The number of nitrogens with zero attached hydrogens (tertiary/aromatic N) is 1. The summed E-state index contributed by atoms with van der Waals surface area (Å²) >= 11 is 0. The van der Waals surface area contributed by atoms with Crippen molar-refractivity contribution in [1.29, 1.82) is 0 Å². The summed E-state index contributed by atoms with van der Waals surface area (Å²) < 4.78 is 10.9. The van der Waals surface area contributed by atoms with Gasteiger partial charge in [-0.2, -0.15) is 0 Å². The normalized spacial score (nSPS) is 19.9. The number of nitrogens with one attached hydrogen (secondary N) is 1. The molecule has 1 aliphatic carbocycles. The molecule has 3 N–H and O–H groups in total. The Balaban J connectivity index is 1.61. The van der Waals surface area contributed by atoms with E-state index < -0.39 is 12.1 Å². The quantitative estimate of drug-likeness (QED) is 0.402. The van der Waals surface area contributed by atoms with Gasteiger partial charge in [0.15, 0.2) is 0 Å². The number of aliphatic carboxylic acids is 1. The van der Waals surface area contributed by atoms with Crippen LogP contribution in [0.1, 0.15) is 45.1 Å². The molecule has 2 aromatic rings. The number of carboxylic acid groups (broad SMARTS) is 1. The summed E-state index contributed by atoms with van der Waals surface area (Å²) in [5.74, 6) is -0.0120. The van der Waals surface area contributed by atoms with Gasteiger partial charge in [-0.25, -0.2) is 0 Å². The van der Waals surface area contributed by atoms with Crippen molar-refractivity contribution in [2.45, 2.75) is 64.2 Å². The Hall–Kier alpha value is -3.26. The molecule has 8 heteroatoms. The van der Waals surface area contributed by atoms with Crippen molar-refractivity contribution >= 4 is 17.6 Å². The lowest BCUT2D eigenvalue weighted by atomic mass is 9.98. The van der Waals surface area contributed by atoms with E-state index in [1.807, 2.05) is 62.4 Å². The van der Waals surface area contributed by atoms with Gasteiger partial charge in [-0.05, 0) is 75.8 Å². The molecule has 0 bridgehead atoms. The highest BCUT2D eigenvalue weighted by molar-refractivity contribution is 5.83. The van der Waals surface area contributed by atoms with E-state index in [0.717, 1.165) is 22.7 Å². The second-order valence-electron chi connectivity index (χ2n) is 9.62. The van der Waals surface area contributed by atoms with E-state index in [1.165, 1.54) is 4.90 Å². The molecule has 0 radical (unpaired) electrons. The van der Waals surface area contributed by atoms with E-state index in [2.05, 4.69) is 5.32 Å². The number of ether oxygens (including phenoxy) is 2. The van der Waals surface area contributed by atoms with Gasteiger partial charge >= 0.3 is 5.97 Å². The third kappa shape index (κ3) is 8.16. The molecule has 1 amide bonds. The van der Waals surface area contributed by atoms with E-state index in [-0.39, 0.29) is 30.5 Å². The Kier molecular flexibility index (Phi) is 9.99. The minimum atomic E-state index is -1.03. The molecule has 1 saturated carbocycles. The number of hydrogen-bond acceptors (Lipinski definition) is 6. The number of benzene rings is 2. The number of rotatable bonds is 11. The smallest absolute Gasteiger partial charge is 0.323 e. The van der Waals surface area contributed by atoms with Crippen LogP contribution in [0.3, 0.4) is 0 Å². The number of carbonyl (C=O) groups is 2. The summed E-state index contributed by atoms with van der Waals surface area (Å²) in [6.07, 6.45) is 2.18. The van der Waals surface area contributed by atoms with Gasteiger partial charge in [0.05, 0.1) is 25.4 Å². The van der Waals surface area contributed by atoms with E-state index in [9.17, 15) is 19.8 Å². The highest BCUT2D eigenvalue weighted by Gasteiger charge is 2.32. The van der Waals surface area contributed by atoms with Crippen molar-refractivity contribution in [3.8, 4) is 11.5 Å². The molecule has 1 fully saturated rings. The summed E-state index contributed by atoms with van der Waals surface area (Å²) in [5, 5.41) is 23.6. The highest BCUT2D eigenvalue weighted by atomic mass is 16.5. The number of methoxy groups -OCH3 is 1. The molecule has 0 saturated heterocycles. The maximum Gasteiger partial charge on any atom is 0.323 e. The third-order valence-corrected chi connectivity index (χ3v) is 6.48. The first-order valence-corrected chi connectivity index (χ1v) is 12.6. The first-order valence-electron chi connectivity index (χ1n) is 12.6. The molecule has 3 atom stereocenters. The third-order valence-electron chi connectivity index (χ3n) is 6.48. The van der Waals surface area contributed by atoms with Crippen LogP contribution in [0.25, 0.3) is 0 Å². The molecule has 0 aliphatic heterocycles. The van der Waals surface area contributed by atoms with E-state index >= 15 is 0 Å². The summed E-state index contributed by atoms with van der Waals surface area (Å²) in [7, 11) is 1.60. The number of anilines is 1. The minimum absolute atomic E-state index is 0.0639. The van der Waals surface area contributed by atoms with Crippen LogP contribution in [0.2, 0.25) is 0 Å². The van der Waals surface area contributed by atoms with Gasteiger partial charge in [-0.15, -0.1) is 0 Å². The molecule has 8 nitrogen and oxygen atoms in total. The van der Waals surface area contributed by atoms with Crippen LogP contribution < -0.4 is 14.8 Å².